The van der Waals surface area contributed by atoms with Crippen molar-refractivity contribution in [2.75, 3.05) is 0 Å². The van der Waals surface area contributed by atoms with E-state index in [0.29, 0.717) is 12.0 Å². The van der Waals surface area contributed by atoms with Crippen molar-refractivity contribution in [2.24, 2.45) is 0 Å². The predicted octanol–water partition coefficient (Wildman–Crippen LogP) is 4.36. The van der Waals surface area contributed by atoms with Gasteiger partial charge in [0.25, 0.3) is 0 Å². The molecule has 0 aromatic heterocycles. The van der Waals surface area contributed by atoms with Crippen molar-refractivity contribution in [2.45, 2.75) is 32.3 Å². The average Bonchev–Trinajstić information content (AvgIpc) is 2.42. The molecule has 0 aliphatic heterocycles. The Bertz CT molecular complexity index is 536. The van der Waals surface area contributed by atoms with Gasteiger partial charge in [-0.3, -0.25) is 0 Å². The maximum absolute atomic E-state index is 13.7. The van der Waals surface area contributed by atoms with Gasteiger partial charge in [0.2, 0.25) is 0 Å². The summed E-state index contributed by atoms with van der Waals surface area (Å²) in [6.07, 6.45) is -0.250. The fourth-order valence-corrected chi connectivity index (χ4v) is 2.30. The van der Waals surface area contributed by atoms with E-state index in [4.69, 9.17) is 0 Å². The molecule has 2 heteroatoms. The lowest BCUT2D eigenvalue weighted by Gasteiger charge is -2.18. The first-order chi connectivity index (χ1) is 9.08. The molecule has 2 rings (SSSR count). The Morgan fingerprint density at radius 2 is 1.79 bits per heavy atom. The van der Waals surface area contributed by atoms with Gasteiger partial charge >= 0.3 is 0 Å². The maximum atomic E-state index is 13.7. The van der Waals surface area contributed by atoms with E-state index in [2.05, 4.69) is 0 Å². The standard InChI is InChI=1S/C17H19FO/c1-12-8-9-16(18)15(10-12)17(19)11-13(2)14-6-4-3-5-7-14/h3-10,13,17,19H,11H2,1-2H3. The number of aliphatic hydroxyl groups excluding tert-OH is 1. The highest BCUT2D eigenvalue weighted by Crippen LogP contribution is 2.29. The van der Waals surface area contributed by atoms with Crippen LogP contribution in [0.4, 0.5) is 4.39 Å². The van der Waals surface area contributed by atoms with Crippen LogP contribution in [-0.4, -0.2) is 5.11 Å². The van der Waals surface area contributed by atoms with E-state index in [0.717, 1.165) is 11.1 Å². The first-order valence-corrected chi connectivity index (χ1v) is 6.57. The van der Waals surface area contributed by atoms with Crippen LogP contribution in [0.2, 0.25) is 0 Å². The van der Waals surface area contributed by atoms with Crippen molar-refractivity contribution in [3.63, 3.8) is 0 Å². The van der Waals surface area contributed by atoms with Crippen molar-refractivity contribution in [3.8, 4) is 0 Å². The Hall–Kier alpha value is -1.67. The first-order valence-electron chi connectivity index (χ1n) is 6.57. The summed E-state index contributed by atoms with van der Waals surface area (Å²) in [4.78, 5) is 0. The third-order valence-corrected chi connectivity index (χ3v) is 3.46. The van der Waals surface area contributed by atoms with Crippen LogP contribution in [0.25, 0.3) is 0 Å². The third kappa shape index (κ3) is 3.42. The molecule has 0 bridgehead atoms. The molecule has 2 unspecified atom stereocenters. The van der Waals surface area contributed by atoms with Crippen molar-refractivity contribution >= 4 is 0 Å². The van der Waals surface area contributed by atoms with Crippen molar-refractivity contribution < 1.29 is 9.50 Å². The largest absolute Gasteiger partial charge is 0.388 e. The summed E-state index contributed by atoms with van der Waals surface area (Å²) in [5.74, 6) is -0.144. The van der Waals surface area contributed by atoms with E-state index in [1.54, 1.807) is 12.1 Å². The molecule has 1 N–H and O–H groups in total. The minimum Gasteiger partial charge on any atom is -0.388 e. The van der Waals surface area contributed by atoms with Crippen LogP contribution >= 0.6 is 0 Å². The van der Waals surface area contributed by atoms with Crippen LogP contribution in [0.3, 0.4) is 0 Å². The lowest BCUT2D eigenvalue weighted by Crippen LogP contribution is -2.06. The molecule has 1 nitrogen and oxygen atoms in total. The van der Waals surface area contributed by atoms with E-state index in [1.165, 1.54) is 6.07 Å². The molecule has 2 atom stereocenters. The Morgan fingerprint density at radius 1 is 1.11 bits per heavy atom. The molecule has 2 aromatic rings. The molecule has 0 amide bonds. The molecule has 0 heterocycles. The second-order valence-electron chi connectivity index (χ2n) is 5.09. The quantitative estimate of drug-likeness (QED) is 0.863. The van der Waals surface area contributed by atoms with Crippen LogP contribution in [0.15, 0.2) is 48.5 Å². The molecule has 0 spiro atoms. The zero-order valence-electron chi connectivity index (χ0n) is 11.3. The van der Waals surface area contributed by atoms with Gasteiger partial charge in [-0.05, 0) is 30.9 Å². The Labute approximate surface area is 113 Å². The van der Waals surface area contributed by atoms with Crippen molar-refractivity contribution in [1.29, 1.82) is 0 Å². The highest BCUT2D eigenvalue weighted by atomic mass is 19.1. The Kier molecular flexibility index (Phi) is 4.33. The van der Waals surface area contributed by atoms with E-state index in [1.807, 2.05) is 44.2 Å². The fraction of sp³-hybridized carbons (Fsp3) is 0.294. The number of rotatable bonds is 4. The van der Waals surface area contributed by atoms with Crippen molar-refractivity contribution in [1.82, 2.24) is 0 Å². The topological polar surface area (TPSA) is 20.2 Å². The summed E-state index contributed by atoms with van der Waals surface area (Å²) in [5.41, 5.74) is 2.51. The van der Waals surface area contributed by atoms with Gasteiger partial charge in [0.1, 0.15) is 5.82 Å². The summed E-state index contributed by atoms with van der Waals surface area (Å²) >= 11 is 0. The Morgan fingerprint density at radius 3 is 2.47 bits per heavy atom. The smallest absolute Gasteiger partial charge is 0.129 e. The molecule has 0 saturated carbocycles. The number of hydrogen-bond acceptors (Lipinski definition) is 1. The van der Waals surface area contributed by atoms with Gasteiger partial charge in [-0.25, -0.2) is 4.39 Å². The van der Waals surface area contributed by atoms with Crippen LogP contribution in [0.1, 0.15) is 42.1 Å². The lowest BCUT2D eigenvalue weighted by atomic mass is 9.91. The van der Waals surface area contributed by atoms with Crippen LogP contribution < -0.4 is 0 Å². The number of halogens is 1. The number of aliphatic hydroxyl groups is 1. The SMILES string of the molecule is Cc1ccc(F)c(C(O)CC(C)c2ccccc2)c1. The second-order valence-corrected chi connectivity index (χ2v) is 5.09. The summed E-state index contributed by atoms with van der Waals surface area (Å²) in [5, 5.41) is 10.2. The molecular weight excluding hydrogens is 239 g/mol. The molecule has 0 fully saturated rings. The van der Waals surface area contributed by atoms with Gasteiger partial charge in [0.15, 0.2) is 0 Å². The van der Waals surface area contributed by atoms with Crippen molar-refractivity contribution in [3.05, 3.63) is 71.0 Å². The average molecular weight is 258 g/mol. The van der Waals surface area contributed by atoms with Gasteiger partial charge in [-0.2, -0.15) is 0 Å². The molecule has 0 saturated heterocycles. The van der Waals surface area contributed by atoms with E-state index >= 15 is 0 Å². The monoisotopic (exact) mass is 258 g/mol. The molecule has 19 heavy (non-hydrogen) atoms. The molecular formula is C17H19FO. The maximum Gasteiger partial charge on any atom is 0.129 e. The minimum absolute atomic E-state index is 0.191. The normalized spacial score (nSPS) is 14.1. The summed E-state index contributed by atoms with van der Waals surface area (Å²) in [7, 11) is 0. The number of benzene rings is 2. The minimum atomic E-state index is -0.768. The summed E-state index contributed by atoms with van der Waals surface area (Å²) in [6, 6.07) is 14.8. The number of hydrogen-bond donors (Lipinski definition) is 1. The van der Waals surface area contributed by atoms with Gasteiger partial charge in [-0.15, -0.1) is 0 Å². The van der Waals surface area contributed by atoms with E-state index in [9.17, 15) is 9.50 Å². The van der Waals surface area contributed by atoms with Gasteiger partial charge in [0, 0.05) is 5.56 Å². The van der Waals surface area contributed by atoms with E-state index < -0.39 is 6.10 Å². The second kappa shape index (κ2) is 5.98. The zero-order valence-corrected chi connectivity index (χ0v) is 11.3. The zero-order chi connectivity index (χ0) is 13.8. The third-order valence-electron chi connectivity index (χ3n) is 3.46. The highest BCUT2D eigenvalue weighted by Gasteiger charge is 2.17. The lowest BCUT2D eigenvalue weighted by molar-refractivity contribution is 0.155. The van der Waals surface area contributed by atoms with Gasteiger partial charge in [-0.1, -0.05) is 55.0 Å². The Balaban J connectivity index is 2.13. The highest BCUT2D eigenvalue weighted by molar-refractivity contribution is 5.27. The van der Waals surface area contributed by atoms with Crippen LogP contribution in [0, 0.1) is 12.7 Å². The van der Waals surface area contributed by atoms with Gasteiger partial charge < -0.3 is 5.11 Å². The molecule has 100 valence electrons. The number of aryl methyl sites for hydroxylation is 1. The predicted molar refractivity (Wildman–Crippen MR) is 75.6 cm³/mol. The first kappa shape index (κ1) is 13.8. The van der Waals surface area contributed by atoms with Crippen LogP contribution in [0.5, 0.6) is 0 Å². The summed E-state index contributed by atoms with van der Waals surface area (Å²) in [6.45, 7) is 3.95. The van der Waals surface area contributed by atoms with Crippen LogP contribution in [-0.2, 0) is 0 Å². The molecule has 0 aliphatic rings. The summed E-state index contributed by atoms with van der Waals surface area (Å²) < 4.78 is 13.7. The van der Waals surface area contributed by atoms with Gasteiger partial charge in [0.05, 0.1) is 6.10 Å². The molecule has 0 aliphatic carbocycles. The fourth-order valence-electron chi connectivity index (χ4n) is 2.30. The molecule has 2 aromatic carbocycles. The van der Waals surface area contributed by atoms with E-state index in [-0.39, 0.29) is 11.7 Å². The molecule has 0 radical (unpaired) electrons.